The predicted molar refractivity (Wildman–Crippen MR) is 141 cm³/mol. The highest BCUT2D eigenvalue weighted by Gasteiger charge is 2.28. The van der Waals surface area contributed by atoms with Crippen LogP contribution in [0.15, 0.2) is 59.8 Å². The topological polar surface area (TPSA) is 97.2 Å². The molecule has 2 aromatic carbocycles. The Kier molecular flexibility index (Phi) is 6.91. The zero-order valence-corrected chi connectivity index (χ0v) is 21.3. The number of ether oxygens (including phenoxy) is 1. The van der Waals surface area contributed by atoms with Crippen LogP contribution in [0.25, 0.3) is 11.4 Å². The Morgan fingerprint density at radius 2 is 1.97 bits per heavy atom. The van der Waals surface area contributed by atoms with Crippen molar-refractivity contribution in [3.63, 3.8) is 0 Å². The van der Waals surface area contributed by atoms with Crippen molar-refractivity contribution < 1.29 is 14.6 Å². The summed E-state index contributed by atoms with van der Waals surface area (Å²) in [5.41, 5.74) is 5.57. The summed E-state index contributed by atoms with van der Waals surface area (Å²) >= 11 is 7.53. The van der Waals surface area contributed by atoms with Crippen molar-refractivity contribution in [1.29, 1.82) is 0 Å². The predicted octanol–water partition coefficient (Wildman–Crippen LogP) is 5.73. The smallest absolute Gasteiger partial charge is 0.234 e. The molecule has 4 aromatic rings. The van der Waals surface area contributed by atoms with E-state index >= 15 is 0 Å². The number of anilines is 1. The Hall–Kier alpha value is -3.46. The van der Waals surface area contributed by atoms with Gasteiger partial charge in [0.15, 0.2) is 11.6 Å². The van der Waals surface area contributed by atoms with E-state index in [1.165, 1.54) is 11.8 Å². The van der Waals surface area contributed by atoms with Crippen LogP contribution >= 0.6 is 23.4 Å². The number of carbonyl (C=O) groups is 1. The molecule has 0 radical (unpaired) electrons. The number of thioether (sulfide) groups is 1. The zero-order valence-electron chi connectivity index (χ0n) is 19.7. The van der Waals surface area contributed by atoms with E-state index in [0.717, 1.165) is 27.9 Å². The summed E-state index contributed by atoms with van der Waals surface area (Å²) in [4.78, 5) is 26.6. The molecule has 0 saturated heterocycles. The fraction of sp³-hybridized carbons (Fsp3) is 0.185. The highest BCUT2D eigenvalue weighted by Crippen LogP contribution is 2.42. The first kappa shape index (κ1) is 24.2. The number of hydrogen-bond acceptors (Lipinski definition) is 7. The van der Waals surface area contributed by atoms with E-state index in [1.54, 1.807) is 18.3 Å². The van der Waals surface area contributed by atoms with Crippen molar-refractivity contribution in [3.05, 3.63) is 87.7 Å². The molecule has 0 unspecified atom stereocenters. The first-order chi connectivity index (χ1) is 17.4. The third kappa shape index (κ3) is 5.06. The molecule has 7 nitrogen and oxygen atoms in total. The van der Waals surface area contributed by atoms with Crippen molar-refractivity contribution in [2.75, 3.05) is 11.1 Å². The van der Waals surface area contributed by atoms with E-state index in [-0.39, 0.29) is 18.3 Å². The van der Waals surface area contributed by atoms with E-state index in [0.29, 0.717) is 45.2 Å². The first-order valence-corrected chi connectivity index (χ1v) is 12.7. The van der Waals surface area contributed by atoms with Crippen LogP contribution in [0, 0.1) is 13.8 Å². The van der Waals surface area contributed by atoms with Crippen LogP contribution in [0.4, 0.5) is 5.69 Å². The molecular formula is C27H23ClN4O3S. The molecule has 2 aromatic heterocycles. The lowest BCUT2D eigenvalue weighted by atomic mass is 9.99. The van der Waals surface area contributed by atoms with Gasteiger partial charge in [-0.05, 0) is 43.7 Å². The van der Waals surface area contributed by atoms with Crippen molar-refractivity contribution in [1.82, 2.24) is 15.0 Å². The zero-order chi connectivity index (χ0) is 25.2. The Bertz CT molecular complexity index is 1480. The number of nitrogens with zero attached hydrogens (tertiary/aromatic N) is 3. The van der Waals surface area contributed by atoms with Gasteiger partial charge in [0, 0.05) is 40.0 Å². The summed E-state index contributed by atoms with van der Waals surface area (Å²) in [6, 6.07) is 14.9. The Balaban J connectivity index is 1.50. The minimum atomic E-state index is -0.156. The summed E-state index contributed by atoms with van der Waals surface area (Å²) in [6.45, 7) is 3.68. The molecule has 0 fully saturated rings. The van der Waals surface area contributed by atoms with Gasteiger partial charge in [0.05, 0.1) is 23.6 Å². The third-order valence-electron chi connectivity index (χ3n) is 5.78. The largest absolute Gasteiger partial charge is 0.436 e. The molecule has 1 amide bonds. The van der Waals surface area contributed by atoms with Gasteiger partial charge in [-0.15, -0.1) is 0 Å². The molecule has 1 aliphatic heterocycles. The molecular weight excluding hydrogens is 496 g/mol. The van der Waals surface area contributed by atoms with E-state index in [9.17, 15) is 9.90 Å². The SMILES string of the molecule is Cc1cccc(NC(=O)CSc2nc(-c3cccc(Cl)c3)nc3c2Cc2c(CO)cnc(C)c2O3)c1. The number of benzene rings is 2. The maximum Gasteiger partial charge on any atom is 0.234 e. The van der Waals surface area contributed by atoms with Crippen LogP contribution in [0.3, 0.4) is 0 Å². The van der Waals surface area contributed by atoms with Gasteiger partial charge < -0.3 is 15.2 Å². The molecule has 0 spiro atoms. The second kappa shape index (κ2) is 10.3. The second-order valence-corrected chi connectivity index (χ2v) is 9.87. The fourth-order valence-corrected chi connectivity index (χ4v) is 5.04. The molecule has 9 heteroatoms. The standard InChI is InChI=1S/C27H23ClN4O3S/c1-15-5-3-8-20(9-15)30-23(34)14-36-27-22-11-21-18(13-33)12-29-16(2)24(21)35-26(22)31-25(32-27)17-6-4-7-19(28)10-17/h3-10,12,33H,11,13-14H2,1-2H3,(H,30,34). The van der Waals surface area contributed by atoms with Crippen molar-refractivity contribution >= 4 is 35.0 Å². The highest BCUT2D eigenvalue weighted by atomic mass is 35.5. The third-order valence-corrected chi connectivity index (χ3v) is 7.04. The molecule has 5 rings (SSSR count). The average Bonchev–Trinajstić information content (AvgIpc) is 2.86. The second-order valence-electron chi connectivity index (χ2n) is 8.47. The number of aliphatic hydroxyl groups excluding tert-OH is 1. The maximum atomic E-state index is 12.7. The highest BCUT2D eigenvalue weighted by molar-refractivity contribution is 8.00. The van der Waals surface area contributed by atoms with Gasteiger partial charge in [-0.25, -0.2) is 4.98 Å². The molecule has 182 valence electrons. The Morgan fingerprint density at radius 1 is 1.14 bits per heavy atom. The van der Waals surface area contributed by atoms with Crippen LogP contribution in [-0.2, 0) is 17.8 Å². The molecule has 2 N–H and O–H groups in total. The van der Waals surface area contributed by atoms with Crippen LogP contribution in [0.5, 0.6) is 11.6 Å². The molecule has 0 aliphatic carbocycles. The number of nitrogens with one attached hydrogen (secondary N) is 1. The number of rotatable bonds is 6. The summed E-state index contributed by atoms with van der Waals surface area (Å²) in [7, 11) is 0. The van der Waals surface area contributed by atoms with Gasteiger partial charge in [0.1, 0.15) is 5.03 Å². The van der Waals surface area contributed by atoms with Gasteiger partial charge in [-0.3, -0.25) is 9.78 Å². The normalized spacial score (nSPS) is 11.9. The number of aromatic nitrogens is 3. The Morgan fingerprint density at radius 3 is 2.75 bits per heavy atom. The number of aryl methyl sites for hydroxylation is 2. The monoisotopic (exact) mass is 518 g/mol. The Labute approximate surface area is 217 Å². The van der Waals surface area contributed by atoms with Gasteiger partial charge in [0.2, 0.25) is 11.8 Å². The number of carbonyl (C=O) groups excluding carboxylic acids is 1. The number of hydrogen-bond donors (Lipinski definition) is 2. The molecule has 0 bridgehead atoms. The minimum absolute atomic E-state index is 0.143. The van der Waals surface area contributed by atoms with Gasteiger partial charge in [0.25, 0.3) is 0 Å². The molecule has 36 heavy (non-hydrogen) atoms. The molecule has 0 saturated carbocycles. The van der Waals surface area contributed by atoms with Gasteiger partial charge in [-0.1, -0.05) is 47.6 Å². The van der Waals surface area contributed by atoms with Crippen LogP contribution in [-0.4, -0.2) is 31.7 Å². The number of aliphatic hydroxyl groups is 1. The van der Waals surface area contributed by atoms with Gasteiger partial charge in [-0.2, -0.15) is 4.98 Å². The van der Waals surface area contributed by atoms with Crippen molar-refractivity contribution in [2.24, 2.45) is 0 Å². The molecule has 0 atom stereocenters. The first-order valence-electron chi connectivity index (χ1n) is 11.3. The molecule has 1 aliphatic rings. The molecule has 3 heterocycles. The van der Waals surface area contributed by atoms with Crippen LogP contribution in [0.2, 0.25) is 5.02 Å². The van der Waals surface area contributed by atoms with Crippen molar-refractivity contribution in [3.8, 4) is 23.0 Å². The van der Waals surface area contributed by atoms with E-state index in [2.05, 4.69) is 15.3 Å². The van der Waals surface area contributed by atoms with Crippen molar-refractivity contribution in [2.45, 2.75) is 31.9 Å². The summed E-state index contributed by atoms with van der Waals surface area (Å²) < 4.78 is 6.23. The van der Waals surface area contributed by atoms with E-state index < -0.39 is 0 Å². The van der Waals surface area contributed by atoms with Crippen LogP contribution in [0.1, 0.15) is 27.9 Å². The number of halogens is 1. The summed E-state index contributed by atoms with van der Waals surface area (Å²) in [5, 5.41) is 14.0. The average molecular weight is 519 g/mol. The lowest BCUT2D eigenvalue weighted by Crippen LogP contribution is -2.16. The van der Waals surface area contributed by atoms with Gasteiger partial charge >= 0.3 is 0 Å². The van der Waals surface area contributed by atoms with E-state index in [1.807, 2.05) is 50.2 Å². The number of amides is 1. The quantitative estimate of drug-likeness (QED) is 0.219. The van der Waals surface area contributed by atoms with E-state index in [4.69, 9.17) is 21.3 Å². The number of fused-ring (bicyclic) bond motifs is 2. The lowest BCUT2D eigenvalue weighted by Gasteiger charge is -2.24. The maximum absolute atomic E-state index is 12.7. The fourth-order valence-electron chi connectivity index (χ4n) is 4.02. The lowest BCUT2D eigenvalue weighted by molar-refractivity contribution is -0.113. The summed E-state index contributed by atoms with van der Waals surface area (Å²) in [5.74, 6) is 1.47. The summed E-state index contributed by atoms with van der Waals surface area (Å²) in [6.07, 6.45) is 2.12. The minimum Gasteiger partial charge on any atom is -0.436 e. The van der Waals surface area contributed by atoms with Crippen LogP contribution < -0.4 is 10.1 Å². The number of pyridine rings is 1.